The smallest absolute Gasteiger partial charge is 0.154 e. The van der Waals surface area contributed by atoms with Crippen LogP contribution < -0.4 is 0 Å². The van der Waals surface area contributed by atoms with Gasteiger partial charge in [0.1, 0.15) is 0 Å². The lowest BCUT2D eigenvalue weighted by Crippen LogP contribution is -1.99. The molecule has 0 aliphatic carbocycles. The normalized spacial score (nSPS) is 11.7. The summed E-state index contributed by atoms with van der Waals surface area (Å²) in [5, 5.41) is 0. The molecule has 0 amide bonds. The molecule has 0 fully saturated rings. The van der Waals surface area contributed by atoms with Gasteiger partial charge in [0.2, 0.25) is 0 Å². The standard InChI is InChI=1S/C21H18N2/c1-4-10-18(11-5-1)16-22-21(20-14-8-3-9-15-20)23-17-19-12-6-2-7-13-19/h1-16H,17H2. The third kappa shape index (κ3) is 4.48. The highest BCUT2D eigenvalue weighted by Crippen LogP contribution is 2.07. The fraction of sp³-hybridized carbons (Fsp3) is 0.0476. The first-order valence-corrected chi connectivity index (χ1v) is 7.65. The summed E-state index contributed by atoms with van der Waals surface area (Å²) >= 11 is 0. The summed E-state index contributed by atoms with van der Waals surface area (Å²) < 4.78 is 0. The van der Waals surface area contributed by atoms with Gasteiger partial charge in [0, 0.05) is 11.8 Å². The molecule has 0 atom stereocenters. The zero-order chi connectivity index (χ0) is 15.7. The minimum atomic E-state index is 0.622. The van der Waals surface area contributed by atoms with E-state index in [0.29, 0.717) is 6.54 Å². The molecule has 0 aromatic heterocycles. The molecule has 0 saturated carbocycles. The van der Waals surface area contributed by atoms with Crippen LogP contribution in [0.5, 0.6) is 0 Å². The van der Waals surface area contributed by atoms with Crippen LogP contribution in [-0.2, 0) is 6.54 Å². The topological polar surface area (TPSA) is 24.7 Å². The summed E-state index contributed by atoms with van der Waals surface area (Å²) in [6.45, 7) is 0.622. The number of amidine groups is 1. The summed E-state index contributed by atoms with van der Waals surface area (Å²) in [5.41, 5.74) is 3.27. The van der Waals surface area contributed by atoms with Crippen molar-refractivity contribution >= 4 is 12.1 Å². The molecule has 0 radical (unpaired) electrons. The van der Waals surface area contributed by atoms with Gasteiger partial charge in [-0.15, -0.1) is 0 Å². The zero-order valence-corrected chi connectivity index (χ0v) is 12.8. The second-order valence-electron chi connectivity index (χ2n) is 5.16. The molecular weight excluding hydrogens is 280 g/mol. The van der Waals surface area contributed by atoms with E-state index in [1.165, 1.54) is 5.56 Å². The van der Waals surface area contributed by atoms with Gasteiger partial charge < -0.3 is 0 Å². The van der Waals surface area contributed by atoms with E-state index in [2.05, 4.69) is 17.1 Å². The van der Waals surface area contributed by atoms with Crippen LogP contribution in [0.1, 0.15) is 16.7 Å². The first-order chi connectivity index (χ1) is 11.4. The first kappa shape index (κ1) is 14.9. The minimum Gasteiger partial charge on any atom is -0.261 e. The number of rotatable bonds is 4. The fourth-order valence-electron chi connectivity index (χ4n) is 2.22. The number of hydrogen-bond donors (Lipinski definition) is 0. The molecule has 0 aliphatic heterocycles. The van der Waals surface area contributed by atoms with Crippen molar-refractivity contribution in [1.82, 2.24) is 0 Å². The molecule has 0 heterocycles. The zero-order valence-electron chi connectivity index (χ0n) is 12.8. The maximum Gasteiger partial charge on any atom is 0.154 e. The molecule has 2 heteroatoms. The lowest BCUT2D eigenvalue weighted by molar-refractivity contribution is 1.06. The molecule has 0 saturated heterocycles. The van der Waals surface area contributed by atoms with Crippen LogP contribution in [0.25, 0.3) is 0 Å². The van der Waals surface area contributed by atoms with Crippen LogP contribution >= 0.6 is 0 Å². The van der Waals surface area contributed by atoms with E-state index in [-0.39, 0.29) is 0 Å². The summed E-state index contributed by atoms with van der Waals surface area (Å²) in [4.78, 5) is 9.30. The average molecular weight is 298 g/mol. The van der Waals surface area contributed by atoms with Gasteiger partial charge in [0.05, 0.1) is 6.54 Å². The third-order valence-corrected chi connectivity index (χ3v) is 3.42. The van der Waals surface area contributed by atoms with Crippen molar-refractivity contribution in [2.45, 2.75) is 6.54 Å². The van der Waals surface area contributed by atoms with Gasteiger partial charge in [-0.3, -0.25) is 4.99 Å². The minimum absolute atomic E-state index is 0.622. The fourth-order valence-corrected chi connectivity index (χ4v) is 2.22. The summed E-state index contributed by atoms with van der Waals surface area (Å²) in [5.74, 6) is 0.748. The average Bonchev–Trinajstić information content (AvgIpc) is 2.64. The third-order valence-electron chi connectivity index (χ3n) is 3.42. The van der Waals surface area contributed by atoms with Crippen molar-refractivity contribution < 1.29 is 0 Å². The monoisotopic (exact) mass is 298 g/mol. The van der Waals surface area contributed by atoms with Crippen molar-refractivity contribution in [3.63, 3.8) is 0 Å². The van der Waals surface area contributed by atoms with E-state index in [1.807, 2.05) is 85.1 Å². The predicted octanol–water partition coefficient (Wildman–Crippen LogP) is 4.75. The van der Waals surface area contributed by atoms with Crippen LogP contribution in [0.15, 0.2) is 101 Å². The van der Waals surface area contributed by atoms with Crippen molar-refractivity contribution in [1.29, 1.82) is 0 Å². The number of nitrogens with zero attached hydrogens (tertiary/aromatic N) is 2. The molecule has 3 aromatic carbocycles. The van der Waals surface area contributed by atoms with E-state index < -0.39 is 0 Å². The van der Waals surface area contributed by atoms with E-state index >= 15 is 0 Å². The summed E-state index contributed by atoms with van der Waals surface area (Å²) in [6, 6.07) is 30.4. The lowest BCUT2D eigenvalue weighted by atomic mass is 10.2. The molecule has 0 N–H and O–H groups in total. The molecule has 2 nitrogen and oxygen atoms in total. The van der Waals surface area contributed by atoms with Gasteiger partial charge in [-0.2, -0.15) is 0 Å². The summed E-state index contributed by atoms with van der Waals surface area (Å²) in [7, 11) is 0. The van der Waals surface area contributed by atoms with E-state index in [4.69, 9.17) is 4.99 Å². The van der Waals surface area contributed by atoms with Crippen LogP contribution in [0.3, 0.4) is 0 Å². The molecule has 23 heavy (non-hydrogen) atoms. The second-order valence-corrected chi connectivity index (χ2v) is 5.16. The first-order valence-electron chi connectivity index (χ1n) is 7.65. The Morgan fingerprint density at radius 1 is 0.696 bits per heavy atom. The Kier molecular flexibility index (Phi) is 5.09. The Balaban J connectivity index is 1.86. The highest BCUT2D eigenvalue weighted by atomic mass is 14.9. The maximum atomic E-state index is 4.70. The Bertz CT molecular complexity index is 776. The lowest BCUT2D eigenvalue weighted by Gasteiger charge is -2.02. The quantitative estimate of drug-likeness (QED) is 0.490. The van der Waals surface area contributed by atoms with Crippen molar-refractivity contribution in [2.75, 3.05) is 0 Å². The van der Waals surface area contributed by atoms with Gasteiger partial charge in [-0.1, -0.05) is 91.0 Å². The number of benzene rings is 3. The van der Waals surface area contributed by atoms with Crippen LogP contribution in [-0.4, -0.2) is 12.1 Å². The van der Waals surface area contributed by atoms with E-state index in [0.717, 1.165) is 17.0 Å². The molecule has 3 aromatic rings. The Hall–Kier alpha value is -3.00. The highest BCUT2D eigenvalue weighted by Gasteiger charge is 2.00. The highest BCUT2D eigenvalue weighted by molar-refractivity contribution is 6.05. The Labute approximate surface area is 136 Å². The molecular formula is C21H18N2. The Morgan fingerprint density at radius 3 is 1.91 bits per heavy atom. The van der Waals surface area contributed by atoms with Crippen LogP contribution in [0, 0.1) is 0 Å². The van der Waals surface area contributed by atoms with Crippen LogP contribution in [0.4, 0.5) is 0 Å². The molecule has 0 aliphatic rings. The van der Waals surface area contributed by atoms with Gasteiger partial charge in [0.15, 0.2) is 5.84 Å². The van der Waals surface area contributed by atoms with E-state index in [1.54, 1.807) is 0 Å². The van der Waals surface area contributed by atoms with Gasteiger partial charge in [-0.25, -0.2) is 4.99 Å². The SMILES string of the molecule is C(=NC(=NCc1ccccc1)c1ccccc1)c1ccccc1. The summed E-state index contributed by atoms with van der Waals surface area (Å²) in [6.07, 6.45) is 1.86. The molecule has 112 valence electrons. The van der Waals surface area contributed by atoms with Crippen LogP contribution in [0.2, 0.25) is 0 Å². The maximum absolute atomic E-state index is 4.70. The van der Waals surface area contributed by atoms with E-state index in [9.17, 15) is 0 Å². The number of aliphatic imine (C=N–C) groups is 2. The molecule has 0 bridgehead atoms. The van der Waals surface area contributed by atoms with Crippen molar-refractivity contribution in [3.05, 3.63) is 108 Å². The van der Waals surface area contributed by atoms with Crippen molar-refractivity contribution in [2.24, 2.45) is 9.98 Å². The molecule has 0 spiro atoms. The van der Waals surface area contributed by atoms with Gasteiger partial charge >= 0.3 is 0 Å². The van der Waals surface area contributed by atoms with Crippen molar-refractivity contribution in [3.8, 4) is 0 Å². The Morgan fingerprint density at radius 2 is 1.26 bits per heavy atom. The molecule has 0 unspecified atom stereocenters. The predicted molar refractivity (Wildman–Crippen MR) is 97.2 cm³/mol. The number of hydrogen-bond acceptors (Lipinski definition) is 1. The van der Waals surface area contributed by atoms with Gasteiger partial charge in [-0.05, 0) is 11.1 Å². The van der Waals surface area contributed by atoms with Gasteiger partial charge in [0.25, 0.3) is 0 Å². The second kappa shape index (κ2) is 7.85. The largest absolute Gasteiger partial charge is 0.261 e. The molecule has 3 rings (SSSR count).